The summed E-state index contributed by atoms with van der Waals surface area (Å²) >= 11 is 0. The molecule has 2 N–H and O–H groups in total. The number of hydrogen-bond donors (Lipinski definition) is 2. The third-order valence-corrected chi connectivity index (χ3v) is 3.37. The van der Waals surface area contributed by atoms with Gasteiger partial charge < -0.3 is 5.32 Å². The maximum absolute atomic E-state index is 12.0. The van der Waals surface area contributed by atoms with Gasteiger partial charge in [-0.2, -0.15) is 10.4 Å². The summed E-state index contributed by atoms with van der Waals surface area (Å²) in [5.41, 5.74) is 3.08. The Bertz CT molecular complexity index is 453. The van der Waals surface area contributed by atoms with Gasteiger partial charge in [-0.05, 0) is 31.7 Å². The number of carbonyl (C=O) groups is 1. The van der Waals surface area contributed by atoms with Crippen molar-refractivity contribution in [2.75, 3.05) is 0 Å². The SMILES string of the molecule is CC[C@H](CC#N)NC(=O)C[C@H](C)c1c(C)n[nH]c1C. The predicted octanol–water partition coefficient (Wildman–Crippen LogP) is 2.33. The molecule has 5 nitrogen and oxygen atoms in total. The zero-order chi connectivity index (χ0) is 14.4. The van der Waals surface area contributed by atoms with E-state index in [1.54, 1.807) is 0 Å². The van der Waals surface area contributed by atoms with Crippen molar-refractivity contribution in [3.63, 3.8) is 0 Å². The Hall–Kier alpha value is -1.83. The van der Waals surface area contributed by atoms with Crippen molar-refractivity contribution in [1.29, 1.82) is 5.26 Å². The van der Waals surface area contributed by atoms with E-state index < -0.39 is 0 Å². The summed E-state index contributed by atoms with van der Waals surface area (Å²) in [5, 5.41) is 18.7. The molecule has 0 fully saturated rings. The minimum Gasteiger partial charge on any atom is -0.352 e. The van der Waals surface area contributed by atoms with Gasteiger partial charge in [0.2, 0.25) is 5.91 Å². The van der Waals surface area contributed by atoms with Crippen LogP contribution in [0.4, 0.5) is 0 Å². The Labute approximate surface area is 114 Å². The minimum atomic E-state index is -0.0451. The molecule has 0 spiro atoms. The highest BCUT2D eigenvalue weighted by molar-refractivity contribution is 5.77. The first-order chi connectivity index (χ1) is 8.99. The number of H-pyrrole nitrogens is 1. The molecule has 1 heterocycles. The van der Waals surface area contributed by atoms with E-state index in [9.17, 15) is 4.79 Å². The summed E-state index contributed by atoms with van der Waals surface area (Å²) in [4.78, 5) is 12.0. The number of hydrogen-bond acceptors (Lipinski definition) is 3. The summed E-state index contributed by atoms with van der Waals surface area (Å²) in [6.07, 6.45) is 1.56. The summed E-state index contributed by atoms with van der Waals surface area (Å²) in [5.74, 6) is 0.118. The van der Waals surface area contributed by atoms with Crippen LogP contribution in [0.25, 0.3) is 0 Å². The molecule has 1 aromatic rings. The van der Waals surface area contributed by atoms with E-state index in [1.165, 1.54) is 0 Å². The molecule has 1 rings (SSSR count). The molecule has 0 aliphatic heterocycles. The van der Waals surface area contributed by atoms with Crippen molar-refractivity contribution < 1.29 is 4.79 Å². The molecule has 0 radical (unpaired) electrons. The quantitative estimate of drug-likeness (QED) is 0.825. The van der Waals surface area contributed by atoms with Gasteiger partial charge in [-0.1, -0.05) is 13.8 Å². The second-order valence-corrected chi connectivity index (χ2v) is 4.99. The number of nitrogens with one attached hydrogen (secondary N) is 2. The molecule has 0 saturated carbocycles. The summed E-state index contributed by atoms with van der Waals surface area (Å²) in [6, 6.07) is 2.05. The van der Waals surface area contributed by atoms with E-state index in [0.717, 1.165) is 23.4 Å². The average molecular weight is 262 g/mol. The van der Waals surface area contributed by atoms with Crippen LogP contribution >= 0.6 is 0 Å². The van der Waals surface area contributed by atoms with Crippen molar-refractivity contribution >= 4 is 5.91 Å². The highest BCUT2D eigenvalue weighted by atomic mass is 16.1. The summed E-state index contributed by atoms with van der Waals surface area (Å²) in [7, 11) is 0. The first kappa shape index (κ1) is 15.2. The van der Waals surface area contributed by atoms with Crippen molar-refractivity contribution in [2.24, 2.45) is 0 Å². The molecule has 2 atom stereocenters. The third-order valence-electron chi connectivity index (χ3n) is 3.37. The van der Waals surface area contributed by atoms with Gasteiger partial charge in [-0.25, -0.2) is 0 Å². The molecule has 0 aliphatic rings. The Balaban J connectivity index is 2.60. The maximum atomic E-state index is 12.0. The van der Waals surface area contributed by atoms with Crippen LogP contribution in [0.1, 0.15) is 56.0 Å². The van der Waals surface area contributed by atoms with E-state index in [4.69, 9.17) is 5.26 Å². The summed E-state index contributed by atoms with van der Waals surface area (Å²) < 4.78 is 0. The number of aryl methyl sites for hydroxylation is 2. The van der Waals surface area contributed by atoms with Crippen molar-refractivity contribution in [1.82, 2.24) is 15.5 Å². The molecule has 1 amide bonds. The lowest BCUT2D eigenvalue weighted by Gasteiger charge is -2.16. The fraction of sp³-hybridized carbons (Fsp3) is 0.643. The first-order valence-corrected chi connectivity index (χ1v) is 6.67. The van der Waals surface area contributed by atoms with Gasteiger partial charge in [0.05, 0.1) is 18.2 Å². The average Bonchev–Trinajstić information content (AvgIpc) is 2.68. The highest BCUT2D eigenvalue weighted by Crippen LogP contribution is 2.24. The van der Waals surface area contributed by atoms with Gasteiger partial charge >= 0.3 is 0 Å². The normalized spacial score (nSPS) is 13.6. The van der Waals surface area contributed by atoms with Crippen molar-refractivity contribution in [2.45, 2.75) is 58.9 Å². The van der Waals surface area contributed by atoms with E-state index in [1.807, 2.05) is 27.7 Å². The minimum absolute atomic E-state index is 0.00500. The Kier molecular flexibility index (Phi) is 5.56. The smallest absolute Gasteiger partial charge is 0.220 e. The standard InChI is InChI=1S/C14H22N4O/c1-5-12(6-7-15)16-13(19)8-9(2)14-10(3)17-18-11(14)4/h9,12H,5-6,8H2,1-4H3,(H,16,19)(H,17,18)/t9-,12+/m0/s1. The molecule has 0 unspecified atom stereocenters. The number of carbonyl (C=O) groups excluding carboxylic acids is 1. The molecule has 104 valence electrons. The van der Waals surface area contributed by atoms with Crippen LogP contribution in [0.5, 0.6) is 0 Å². The van der Waals surface area contributed by atoms with Gasteiger partial charge in [0.15, 0.2) is 0 Å². The van der Waals surface area contributed by atoms with E-state index in [0.29, 0.717) is 12.8 Å². The zero-order valence-electron chi connectivity index (χ0n) is 12.1. The van der Waals surface area contributed by atoms with E-state index in [-0.39, 0.29) is 17.9 Å². The second kappa shape index (κ2) is 6.93. The number of nitriles is 1. The Morgan fingerprint density at radius 3 is 2.68 bits per heavy atom. The molecular formula is C14H22N4O. The van der Waals surface area contributed by atoms with Crippen LogP contribution in [0.3, 0.4) is 0 Å². The lowest BCUT2D eigenvalue weighted by atomic mass is 9.95. The molecule has 0 aromatic carbocycles. The van der Waals surface area contributed by atoms with Gasteiger partial charge in [0.25, 0.3) is 0 Å². The molecule has 1 aromatic heterocycles. The number of aromatic amines is 1. The van der Waals surface area contributed by atoms with Crippen LogP contribution in [0.2, 0.25) is 0 Å². The van der Waals surface area contributed by atoms with Gasteiger partial charge in [-0.3, -0.25) is 9.89 Å². The first-order valence-electron chi connectivity index (χ1n) is 6.67. The molecular weight excluding hydrogens is 240 g/mol. The van der Waals surface area contributed by atoms with Crippen molar-refractivity contribution in [3.8, 4) is 6.07 Å². The fourth-order valence-electron chi connectivity index (χ4n) is 2.36. The van der Waals surface area contributed by atoms with E-state index in [2.05, 4.69) is 21.6 Å². The third kappa shape index (κ3) is 4.09. The van der Waals surface area contributed by atoms with Crippen LogP contribution in [0, 0.1) is 25.2 Å². The van der Waals surface area contributed by atoms with Crippen LogP contribution in [0.15, 0.2) is 0 Å². The lowest BCUT2D eigenvalue weighted by Crippen LogP contribution is -2.34. The molecule has 5 heteroatoms. The lowest BCUT2D eigenvalue weighted by molar-refractivity contribution is -0.122. The fourth-order valence-corrected chi connectivity index (χ4v) is 2.36. The topological polar surface area (TPSA) is 81.6 Å². The molecule has 19 heavy (non-hydrogen) atoms. The second-order valence-electron chi connectivity index (χ2n) is 4.99. The Morgan fingerprint density at radius 1 is 1.53 bits per heavy atom. The maximum Gasteiger partial charge on any atom is 0.220 e. The number of nitrogens with zero attached hydrogens (tertiary/aromatic N) is 2. The highest BCUT2D eigenvalue weighted by Gasteiger charge is 2.19. The zero-order valence-corrected chi connectivity index (χ0v) is 12.1. The van der Waals surface area contributed by atoms with Crippen LogP contribution in [-0.4, -0.2) is 22.1 Å². The van der Waals surface area contributed by atoms with E-state index >= 15 is 0 Å². The number of amides is 1. The van der Waals surface area contributed by atoms with Crippen LogP contribution in [-0.2, 0) is 4.79 Å². The number of aromatic nitrogens is 2. The number of rotatable bonds is 6. The molecule has 0 bridgehead atoms. The van der Waals surface area contributed by atoms with Gasteiger partial charge in [-0.15, -0.1) is 0 Å². The van der Waals surface area contributed by atoms with Gasteiger partial charge in [0.1, 0.15) is 0 Å². The van der Waals surface area contributed by atoms with Crippen molar-refractivity contribution in [3.05, 3.63) is 17.0 Å². The van der Waals surface area contributed by atoms with Crippen LogP contribution < -0.4 is 5.32 Å². The van der Waals surface area contributed by atoms with Gasteiger partial charge in [0, 0.05) is 18.2 Å². The monoisotopic (exact) mass is 262 g/mol. The predicted molar refractivity (Wildman–Crippen MR) is 73.5 cm³/mol. The largest absolute Gasteiger partial charge is 0.352 e. The Morgan fingerprint density at radius 2 is 2.21 bits per heavy atom. The molecule has 0 saturated heterocycles. The molecule has 0 aliphatic carbocycles. The summed E-state index contributed by atoms with van der Waals surface area (Å²) in [6.45, 7) is 7.90.